The largest absolute Gasteiger partial charge is 0.359 e. The Morgan fingerprint density at radius 1 is 1.26 bits per heavy atom. The van der Waals surface area contributed by atoms with E-state index in [-0.39, 0.29) is 23.0 Å². The molecule has 0 aromatic rings. The number of nitrogens with one attached hydrogen (secondary N) is 1. The maximum atomic E-state index is 11.9. The SMILES string of the molecule is CNC(=O)CCCCS(=O)CCCCN1C(=O)CC(SC)C1=O. The van der Waals surface area contributed by atoms with Crippen molar-refractivity contribution in [1.29, 1.82) is 0 Å². The zero-order valence-electron chi connectivity index (χ0n) is 13.8. The highest BCUT2D eigenvalue weighted by molar-refractivity contribution is 8.00. The molecule has 0 saturated carbocycles. The number of unbranched alkanes of at least 4 members (excludes halogenated alkanes) is 2. The molecule has 23 heavy (non-hydrogen) atoms. The molecule has 1 heterocycles. The van der Waals surface area contributed by atoms with Gasteiger partial charge in [0.25, 0.3) is 0 Å². The van der Waals surface area contributed by atoms with Crippen molar-refractivity contribution in [3.63, 3.8) is 0 Å². The molecule has 1 fully saturated rings. The van der Waals surface area contributed by atoms with Crippen LogP contribution in [-0.2, 0) is 25.2 Å². The Morgan fingerprint density at radius 3 is 2.48 bits per heavy atom. The van der Waals surface area contributed by atoms with Crippen molar-refractivity contribution in [2.75, 3.05) is 31.4 Å². The van der Waals surface area contributed by atoms with Crippen LogP contribution in [-0.4, -0.2) is 63.4 Å². The molecule has 0 aromatic carbocycles. The third kappa shape index (κ3) is 7.03. The first-order chi connectivity index (χ1) is 11.0. The first kappa shape index (κ1) is 20.2. The Balaban J connectivity index is 2.10. The standard InChI is InChI=1S/C15H26N2O4S2/c1-16-13(18)7-3-5-9-23(21)10-6-4-8-17-14(19)11-12(22-2)15(17)20/h12H,3-11H2,1-2H3,(H,16,18). The lowest BCUT2D eigenvalue weighted by atomic mass is 10.2. The lowest BCUT2D eigenvalue weighted by molar-refractivity contribution is -0.138. The summed E-state index contributed by atoms with van der Waals surface area (Å²) in [6.07, 6.45) is 5.58. The van der Waals surface area contributed by atoms with E-state index in [9.17, 15) is 18.6 Å². The van der Waals surface area contributed by atoms with Crippen LogP contribution in [0.3, 0.4) is 0 Å². The molecule has 1 saturated heterocycles. The molecule has 1 aliphatic heterocycles. The second-order valence-corrected chi connectivity index (χ2v) is 8.23. The van der Waals surface area contributed by atoms with Crippen molar-refractivity contribution in [1.82, 2.24) is 10.2 Å². The molecule has 0 spiro atoms. The van der Waals surface area contributed by atoms with Crippen molar-refractivity contribution in [3.8, 4) is 0 Å². The Morgan fingerprint density at radius 2 is 1.91 bits per heavy atom. The molecule has 0 aromatic heterocycles. The van der Waals surface area contributed by atoms with Crippen molar-refractivity contribution < 1.29 is 18.6 Å². The summed E-state index contributed by atoms with van der Waals surface area (Å²) >= 11 is 1.42. The zero-order chi connectivity index (χ0) is 17.2. The highest BCUT2D eigenvalue weighted by atomic mass is 32.2. The highest BCUT2D eigenvalue weighted by Gasteiger charge is 2.37. The van der Waals surface area contributed by atoms with Crippen LogP contribution < -0.4 is 5.32 Å². The second kappa shape index (κ2) is 10.8. The van der Waals surface area contributed by atoms with Crippen molar-refractivity contribution in [2.45, 2.75) is 43.8 Å². The first-order valence-electron chi connectivity index (χ1n) is 7.92. The van der Waals surface area contributed by atoms with E-state index in [0.29, 0.717) is 37.3 Å². The van der Waals surface area contributed by atoms with Gasteiger partial charge < -0.3 is 5.32 Å². The van der Waals surface area contributed by atoms with E-state index >= 15 is 0 Å². The molecule has 8 heteroatoms. The van der Waals surface area contributed by atoms with Crippen LogP contribution in [0, 0.1) is 0 Å². The fraction of sp³-hybridized carbons (Fsp3) is 0.800. The van der Waals surface area contributed by atoms with E-state index in [2.05, 4.69) is 5.32 Å². The van der Waals surface area contributed by atoms with E-state index in [1.165, 1.54) is 16.7 Å². The Kier molecular flexibility index (Phi) is 9.47. The van der Waals surface area contributed by atoms with Crippen LogP contribution in [0.4, 0.5) is 0 Å². The van der Waals surface area contributed by atoms with Gasteiger partial charge in [-0.05, 0) is 31.9 Å². The zero-order valence-corrected chi connectivity index (χ0v) is 15.5. The number of rotatable bonds is 11. The molecule has 0 radical (unpaired) electrons. The number of likely N-dealkylation sites (tertiary alicyclic amines) is 1. The topological polar surface area (TPSA) is 83.6 Å². The van der Waals surface area contributed by atoms with Gasteiger partial charge in [-0.25, -0.2) is 0 Å². The van der Waals surface area contributed by atoms with Crippen LogP contribution in [0.15, 0.2) is 0 Å². The van der Waals surface area contributed by atoms with Gasteiger partial charge in [0.15, 0.2) is 0 Å². The smallest absolute Gasteiger partial charge is 0.242 e. The second-order valence-electron chi connectivity index (χ2n) is 5.50. The van der Waals surface area contributed by atoms with Gasteiger partial charge >= 0.3 is 0 Å². The number of nitrogens with zero attached hydrogens (tertiary/aromatic N) is 1. The number of thioether (sulfide) groups is 1. The number of carbonyl (C=O) groups is 3. The van der Waals surface area contributed by atoms with Gasteiger partial charge in [0.1, 0.15) is 0 Å². The summed E-state index contributed by atoms with van der Waals surface area (Å²) in [6, 6.07) is 0. The van der Waals surface area contributed by atoms with Crippen molar-refractivity contribution in [3.05, 3.63) is 0 Å². The van der Waals surface area contributed by atoms with E-state index in [1.54, 1.807) is 7.05 Å². The number of hydrogen-bond acceptors (Lipinski definition) is 5. The molecule has 2 atom stereocenters. The number of imide groups is 1. The van der Waals surface area contributed by atoms with E-state index in [1.807, 2.05) is 6.26 Å². The molecule has 3 amide bonds. The van der Waals surface area contributed by atoms with E-state index in [0.717, 1.165) is 19.3 Å². The summed E-state index contributed by atoms with van der Waals surface area (Å²) < 4.78 is 11.8. The maximum absolute atomic E-state index is 11.9. The van der Waals surface area contributed by atoms with Crippen LogP contribution in [0.1, 0.15) is 38.5 Å². The number of carbonyl (C=O) groups excluding carboxylic acids is 3. The highest BCUT2D eigenvalue weighted by Crippen LogP contribution is 2.23. The van der Waals surface area contributed by atoms with Crippen molar-refractivity contribution in [2.24, 2.45) is 0 Å². The molecule has 0 bridgehead atoms. The summed E-state index contributed by atoms with van der Waals surface area (Å²) in [5.41, 5.74) is 0. The molecule has 2 unspecified atom stereocenters. The minimum atomic E-state index is -0.890. The maximum Gasteiger partial charge on any atom is 0.242 e. The predicted octanol–water partition coefficient (Wildman–Crippen LogP) is 0.922. The third-order valence-electron chi connectivity index (χ3n) is 3.80. The summed E-state index contributed by atoms with van der Waals surface area (Å²) in [7, 11) is 0.719. The summed E-state index contributed by atoms with van der Waals surface area (Å²) in [5.74, 6) is 1.02. The van der Waals surface area contributed by atoms with Crippen LogP contribution in [0.2, 0.25) is 0 Å². The van der Waals surface area contributed by atoms with Crippen LogP contribution in [0.5, 0.6) is 0 Å². The normalized spacial score (nSPS) is 19.2. The van der Waals surface area contributed by atoms with Crippen molar-refractivity contribution >= 4 is 40.3 Å². The molecule has 1 rings (SSSR count). The number of hydrogen-bond donors (Lipinski definition) is 1. The quantitative estimate of drug-likeness (QED) is 0.436. The molecule has 132 valence electrons. The molecule has 1 N–H and O–H groups in total. The van der Waals surface area contributed by atoms with Crippen LogP contribution in [0.25, 0.3) is 0 Å². The lowest BCUT2D eigenvalue weighted by Crippen LogP contribution is -2.32. The summed E-state index contributed by atoms with van der Waals surface area (Å²) in [4.78, 5) is 36.0. The molecule has 6 nitrogen and oxygen atoms in total. The minimum absolute atomic E-state index is 0.0132. The third-order valence-corrected chi connectivity index (χ3v) is 6.22. The number of amides is 3. The van der Waals surface area contributed by atoms with Gasteiger partial charge in [-0.15, -0.1) is 0 Å². The Labute approximate surface area is 144 Å². The molecular weight excluding hydrogens is 336 g/mol. The summed E-state index contributed by atoms with van der Waals surface area (Å²) in [6.45, 7) is 0.433. The minimum Gasteiger partial charge on any atom is -0.359 e. The Hall–Kier alpha value is -0.890. The molecule has 1 aliphatic rings. The van der Waals surface area contributed by atoms with Gasteiger partial charge in [0.2, 0.25) is 17.7 Å². The van der Waals surface area contributed by atoms with Crippen LogP contribution >= 0.6 is 11.8 Å². The predicted molar refractivity (Wildman–Crippen MR) is 93.7 cm³/mol. The molecular formula is C15H26N2O4S2. The van der Waals surface area contributed by atoms with E-state index < -0.39 is 10.8 Å². The van der Waals surface area contributed by atoms with Gasteiger partial charge in [-0.1, -0.05) is 0 Å². The monoisotopic (exact) mass is 362 g/mol. The average Bonchev–Trinajstić information content (AvgIpc) is 2.82. The van der Waals surface area contributed by atoms with Gasteiger partial charge in [0.05, 0.1) is 5.25 Å². The fourth-order valence-corrected chi connectivity index (χ4v) is 4.27. The van der Waals surface area contributed by atoms with E-state index in [4.69, 9.17) is 0 Å². The Bertz CT molecular complexity index is 457. The van der Waals surface area contributed by atoms with Gasteiger partial charge in [-0.3, -0.25) is 23.5 Å². The fourth-order valence-electron chi connectivity index (χ4n) is 2.38. The average molecular weight is 363 g/mol. The van der Waals surface area contributed by atoms with Gasteiger partial charge in [-0.2, -0.15) is 11.8 Å². The molecule has 0 aliphatic carbocycles. The first-order valence-corrected chi connectivity index (χ1v) is 10.7. The summed E-state index contributed by atoms with van der Waals surface area (Å²) in [5, 5.41) is 2.34. The van der Waals surface area contributed by atoms with Gasteiger partial charge in [0, 0.05) is 48.7 Å². The lowest BCUT2D eigenvalue weighted by Gasteiger charge is -2.14.